The van der Waals surface area contributed by atoms with Crippen LogP contribution in [-0.4, -0.2) is 57.7 Å². The van der Waals surface area contributed by atoms with E-state index < -0.39 is 0 Å². The minimum absolute atomic E-state index is 0.0724. The van der Waals surface area contributed by atoms with Gasteiger partial charge in [-0.05, 0) is 61.9 Å². The Hall–Kier alpha value is -3.94. The maximum absolute atomic E-state index is 13.2. The molecule has 178 valence electrons. The first-order valence-electron chi connectivity index (χ1n) is 12.2. The normalized spacial score (nSPS) is 15.5. The predicted octanol–water partition coefficient (Wildman–Crippen LogP) is 4.81. The molecule has 2 aromatic carbocycles. The maximum atomic E-state index is 13.2. The molecule has 8 nitrogen and oxygen atoms in total. The Morgan fingerprint density at radius 2 is 1.94 bits per heavy atom. The highest BCUT2D eigenvalue weighted by Crippen LogP contribution is 2.38. The highest BCUT2D eigenvalue weighted by Gasteiger charge is 2.27. The van der Waals surface area contributed by atoms with Gasteiger partial charge < -0.3 is 14.5 Å². The number of ether oxygens (including phenoxy) is 1. The molecule has 1 saturated carbocycles. The van der Waals surface area contributed by atoms with Crippen molar-refractivity contribution in [3.63, 3.8) is 0 Å². The second-order valence-electron chi connectivity index (χ2n) is 9.39. The van der Waals surface area contributed by atoms with Crippen molar-refractivity contribution >= 4 is 28.3 Å². The maximum Gasteiger partial charge on any atom is 0.254 e. The number of fused-ring (bicyclic) bond motifs is 1. The number of hydrogen-bond donors (Lipinski definition) is 1. The van der Waals surface area contributed by atoms with Crippen LogP contribution in [0.15, 0.2) is 55.0 Å². The molecule has 8 heteroatoms. The molecule has 1 N–H and O–H groups in total. The minimum Gasteiger partial charge on any atom is -0.497 e. The molecule has 4 aromatic rings. The Morgan fingerprint density at radius 3 is 2.69 bits per heavy atom. The van der Waals surface area contributed by atoms with E-state index in [1.54, 1.807) is 19.5 Å². The Balaban J connectivity index is 1.41. The molecular formula is C27H28N6O2. The molecule has 1 aliphatic heterocycles. The van der Waals surface area contributed by atoms with Crippen LogP contribution in [0.25, 0.3) is 22.3 Å². The highest BCUT2D eigenvalue weighted by molar-refractivity contribution is 5.96. The number of aromatic nitrogens is 4. The van der Waals surface area contributed by atoms with Crippen LogP contribution in [0.3, 0.4) is 0 Å². The predicted molar refractivity (Wildman–Crippen MR) is 135 cm³/mol. The molecule has 0 bridgehead atoms. The molecule has 2 fully saturated rings. The Kier molecular flexibility index (Phi) is 5.56. The number of aromatic amines is 1. The summed E-state index contributed by atoms with van der Waals surface area (Å²) in [6.45, 7) is 2.52. The van der Waals surface area contributed by atoms with Gasteiger partial charge in [0.25, 0.3) is 5.91 Å². The number of nitrogens with zero attached hydrogens (tertiary/aromatic N) is 5. The van der Waals surface area contributed by atoms with Crippen LogP contribution >= 0.6 is 0 Å². The molecule has 0 atom stereocenters. The number of carbonyl (C=O) groups is 1. The highest BCUT2D eigenvalue weighted by atomic mass is 16.5. The third-order valence-corrected chi connectivity index (χ3v) is 6.85. The lowest BCUT2D eigenvalue weighted by Gasteiger charge is -2.27. The smallest absolute Gasteiger partial charge is 0.254 e. The van der Waals surface area contributed by atoms with Crippen molar-refractivity contribution in [2.75, 3.05) is 31.6 Å². The quantitative estimate of drug-likeness (QED) is 0.419. The van der Waals surface area contributed by atoms with Gasteiger partial charge in [-0.15, -0.1) is 0 Å². The van der Waals surface area contributed by atoms with Crippen molar-refractivity contribution in [1.82, 2.24) is 25.1 Å². The Bertz CT molecular complexity index is 1360. The van der Waals surface area contributed by atoms with Gasteiger partial charge in [0.15, 0.2) is 0 Å². The standard InChI is InChI=1S/C27H28N6O2/c1-35-23-11-19(27(34)32-8-2-3-9-32)10-22(12-23)33(17-18-4-5-18)21-6-7-24-25(13-21)31-26(16-28-24)20-14-29-30-15-20/h6-7,10-16,18H,2-5,8-9,17H2,1H3,(H,29,30). The largest absolute Gasteiger partial charge is 0.497 e. The number of benzene rings is 2. The number of amides is 1. The number of likely N-dealkylation sites (tertiary alicyclic amines) is 1. The van der Waals surface area contributed by atoms with Crippen LogP contribution in [0.4, 0.5) is 11.4 Å². The van der Waals surface area contributed by atoms with Crippen molar-refractivity contribution in [3.05, 3.63) is 60.6 Å². The van der Waals surface area contributed by atoms with E-state index in [2.05, 4.69) is 32.2 Å². The second kappa shape index (κ2) is 9.02. The topological polar surface area (TPSA) is 87.2 Å². The molecule has 1 amide bonds. The lowest BCUT2D eigenvalue weighted by molar-refractivity contribution is 0.0792. The number of hydrogen-bond acceptors (Lipinski definition) is 6. The zero-order chi connectivity index (χ0) is 23.8. The summed E-state index contributed by atoms with van der Waals surface area (Å²) in [6.07, 6.45) is 9.90. The van der Waals surface area contributed by atoms with E-state index >= 15 is 0 Å². The molecule has 0 radical (unpaired) electrons. The van der Waals surface area contributed by atoms with E-state index in [0.717, 1.165) is 66.1 Å². The molecule has 3 heterocycles. The molecule has 0 spiro atoms. The first-order valence-corrected chi connectivity index (χ1v) is 12.2. The van der Waals surface area contributed by atoms with Crippen LogP contribution in [0.1, 0.15) is 36.0 Å². The van der Waals surface area contributed by atoms with Gasteiger partial charge in [-0.25, -0.2) is 4.98 Å². The number of rotatable bonds is 7. The number of carbonyl (C=O) groups excluding carboxylic acids is 1. The van der Waals surface area contributed by atoms with Crippen molar-refractivity contribution in [1.29, 1.82) is 0 Å². The van der Waals surface area contributed by atoms with Gasteiger partial charge in [-0.2, -0.15) is 5.10 Å². The molecule has 1 aliphatic carbocycles. The average Bonchev–Trinajstić information content (AvgIpc) is 3.32. The molecule has 35 heavy (non-hydrogen) atoms. The van der Waals surface area contributed by atoms with Crippen molar-refractivity contribution < 1.29 is 9.53 Å². The number of nitrogens with one attached hydrogen (secondary N) is 1. The monoisotopic (exact) mass is 468 g/mol. The zero-order valence-corrected chi connectivity index (χ0v) is 19.8. The summed E-state index contributed by atoms with van der Waals surface area (Å²) < 4.78 is 5.61. The average molecular weight is 469 g/mol. The van der Waals surface area contributed by atoms with Gasteiger partial charge in [0, 0.05) is 54.4 Å². The van der Waals surface area contributed by atoms with Crippen molar-refractivity contribution in [3.8, 4) is 17.0 Å². The Labute approximate surface area is 203 Å². The van der Waals surface area contributed by atoms with Crippen LogP contribution < -0.4 is 9.64 Å². The lowest BCUT2D eigenvalue weighted by Crippen LogP contribution is -2.28. The fourth-order valence-corrected chi connectivity index (χ4v) is 4.70. The van der Waals surface area contributed by atoms with Crippen LogP contribution in [0.5, 0.6) is 5.75 Å². The summed E-state index contributed by atoms with van der Waals surface area (Å²) in [5.74, 6) is 1.40. The molecule has 2 aliphatic rings. The van der Waals surface area contributed by atoms with Gasteiger partial charge in [-0.3, -0.25) is 14.9 Å². The SMILES string of the molecule is COc1cc(C(=O)N2CCCC2)cc(N(CC2CC2)c2ccc3ncc(-c4cn[nH]c4)nc3c2)c1. The van der Waals surface area contributed by atoms with E-state index in [-0.39, 0.29) is 5.91 Å². The van der Waals surface area contributed by atoms with Crippen molar-refractivity contribution in [2.24, 2.45) is 5.92 Å². The third kappa shape index (κ3) is 4.43. The van der Waals surface area contributed by atoms with E-state index in [4.69, 9.17) is 9.72 Å². The van der Waals surface area contributed by atoms with Crippen LogP contribution in [0, 0.1) is 5.92 Å². The summed E-state index contributed by atoms with van der Waals surface area (Å²) in [6, 6.07) is 12.0. The minimum atomic E-state index is 0.0724. The summed E-state index contributed by atoms with van der Waals surface area (Å²) in [4.78, 5) is 26.9. The first-order chi connectivity index (χ1) is 17.2. The van der Waals surface area contributed by atoms with E-state index in [9.17, 15) is 4.79 Å². The number of anilines is 2. The molecule has 2 aromatic heterocycles. The molecule has 6 rings (SSSR count). The van der Waals surface area contributed by atoms with E-state index in [1.807, 2.05) is 35.4 Å². The van der Waals surface area contributed by atoms with E-state index in [1.165, 1.54) is 12.8 Å². The fourth-order valence-electron chi connectivity index (χ4n) is 4.70. The van der Waals surface area contributed by atoms with Gasteiger partial charge in [0.2, 0.25) is 0 Å². The van der Waals surface area contributed by atoms with Gasteiger partial charge in [0.1, 0.15) is 5.75 Å². The van der Waals surface area contributed by atoms with Gasteiger partial charge >= 0.3 is 0 Å². The molecule has 1 saturated heterocycles. The second-order valence-corrected chi connectivity index (χ2v) is 9.39. The molecular weight excluding hydrogens is 440 g/mol. The molecule has 0 unspecified atom stereocenters. The summed E-state index contributed by atoms with van der Waals surface area (Å²) in [5.41, 5.74) is 5.98. The summed E-state index contributed by atoms with van der Waals surface area (Å²) in [5, 5.41) is 6.86. The van der Waals surface area contributed by atoms with Gasteiger partial charge in [-0.1, -0.05) is 0 Å². The van der Waals surface area contributed by atoms with Crippen molar-refractivity contribution in [2.45, 2.75) is 25.7 Å². The number of methoxy groups -OCH3 is 1. The number of H-pyrrole nitrogens is 1. The Morgan fingerprint density at radius 1 is 1.09 bits per heavy atom. The van der Waals surface area contributed by atoms with Gasteiger partial charge in [0.05, 0.1) is 36.2 Å². The summed E-state index contributed by atoms with van der Waals surface area (Å²) in [7, 11) is 1.65. The van der Waals surface area contributed by atoms with E-state index in [0.29, 0.717) is 17.2 Å². The lowest BCUT2D eigenvalue weighted by atomic mass is 10.1. The van der Waals surface area contributed by atoms with Crippen LogP contribution in [-0.2, 0) is 0 Å². The first kappa shape index (κ1) is 21.6. The zero-order valence-electron chi connectivity index (χ0n) is 19.8. The summed E-state index contributed by atoms with van der Waals surface area (Å²) >= 11 is 0. The fraction of sp³-hybridized carbons (Fsp3) is 0.333. The van der Waals surface area contributed by atoms with Crippen LogP contribution in [0.2, 0.25) is 0 Å². The third-order valence-electron chi connectivity index (χ3n) is 6.85.